The van der Waals surface area contributed by atoms with Crippen molar-refractivity contribution in [1.82, 2.24) is 4.98 Å². The van der Waals surface area contributed by atoms with Crippen LogP contribution in [0.25, 0.3) is 22.0 Å². The van der Waals surface area contributed by atoms with Gasteiger partial charge in [0.25, 0.3) is 5.69 Å². The van der Waals surface area contributed by atoms with Gasteiger partial charge in [-0.1, -0.05) is 18.2 Å². The van der Waals surface area contributed by atoms with Crippen LogP contribution in [0.2, 0.25) is 0 Å². The van der Waals surface area contributed by atoms with E-state index in [1.54, 1.807) is 18.2 Å². The van der Waals surface area contributed by atoms with E-state index in [-0.39, 0.29) is 5.69 Å². The first-order valence-corrected chi connectivity index (χ1v) is 6.04. The fourth-order valence-electron chi connectivity index (χ4n) is 2.12. The average molecular weight is 265 g/mol. The second kappa shape index (κ2) is 4.62. The highest BCUT2D eigenvalue weighted by Crippen LogP contribution is 2.26. The van der Waals surface area contributed by atoms with Gasteiger partial charge >= 0.3 is 0 Å². The van der Waals surface area contributed by atoms with E-state index in [0.29, 0.717) is 5.82 Å². The summed E-state index contributed by atoms with van der Waals surface area (Å²) in [6, 6.07) is 15.9. The number of fused-ring (bicyclic) bond motifs is 1. The van der Waals surface area contributed by atoms with Gasteiger partial charge in [-0.3, -0.25) is 10.1 Å². The largest absolute Gasteiger partial charge is 0.384 e. The summed E-state index contributed by atoms with van der Waals surface area (Å²) < 4.78 is 0. The summed E-state index contributed by atoms with van der Waals surface area (Å²) in [7, 11) is 0. The molecule has 3 rings (SSSR count). The van der Waals surface area contributed by atoms with Gasteiger partial charge in [-0.2, -0.15) is 0 Å². The number of nitro benzene ring substituents is 1. The molecular formula is C15H11N3O2. The van der Waals surface area contributed by atoms with Crippen LogP contribution < -0.4 is 5.73 Å². The first-order chi connectivity index (χ1) is 9.63. The standard InChI is InChI=1S/C15H11N3O2/c16-15-7-5-12-8-11(4-6-14(12)17-15)10-2-1-3-13(9-10)18(19)20/h1-9H,(H2,16,17). The summed E-state index contributed by atoms with van der Waals surface area (Å²) in [6.07, 6.45) is 0. The molecule has 0 saturated carbocycles. The van der Waals surface area contributed by atoms with Gasteiger partial charge < -0.3 is 5.73 Å². The molecule has 0 amide bonds. The van der Waals surface area contributed by atoms with Gasteiger partial charge in [0.1, 0.15) is 5.82 Å². The number of nitrogens with zero attached hydrogens (tertiary/aromatic N) is 2. The lowest BCUT2D eigenvalue weighted by atomic mass is 10.0. The lowest BCUT2D eigenvalue weighted by molar-refractivity contribution is -0.384. The summed E-state index contributed by atoms with van der Waals surface area (Å²) in [5.74, 6) is 0.473. The quantitative estimate of drug-likeness (QED) is 0.568. The maximum Gasteiger partial charge on any atom is 0.270 e. The molecule has 5 heteroatoms. The first kappa shape index (κ1) is 12.1. The molecule has 0 aliphatic heterocycles. The molecule has 1 aromatic heterocycles. The maximum absolute atomic E-state index is 10.8. The number of non-ortho nitro benzene ring substituents is 1. The summed E-state index contributed by atoms with van der Waals surface area (Å²) >= 11 is 0. The molecule has 98 valence electrons. The number of nitrogen functional groups attached to an aromatic ring is 1. The van der Waals surface area contributed by atoms with E-state index in [9.17, 15) is 10.1 Å². The number of pyridine rings is 1. The molecule has 0 aliphatic carbocycles. The third kappa shape index (κ3) is 2.16. The van der Waals surface area contributed by atoms with Crippen molar-refractivity contribution >= 4 is 22.4 Å². The third-order valence-electron chi connectivity index (χ3n) is 3.10. The Morgan fingerprint density at radius 1 is 1.00 bits per heavy atom. The number of hydrogen-bond acceptors (Lipinski definition) is 4. The Hall–Kier alpha value is -2.95. The summed E-state index contributed by atoms with van der Waals surface area (Å²) in [5, 5.41) is 11.8. The van der Waals surface area contributed by atoms with Gasteiger partial charge in [0.15, 0.2) is 0 Å². The Kier molecular flexibility index (Phi) is 2.80. The van der Waals surface area contributed by atoms with Gasteiger partial charge in [-0.05, 0) is 35.4 Å². The molecule has 0 aliphatic rings. The fraction of sp³-hybridized carbons (Fsp3) is 0. The highest BCUT2D eigenvalue weighted by molar-refractivity contribution is 5.85. The highest BCUT2D eigenvalue weighted by atomic mass is 16.6. The Morgan fingerprint density at radius 2 is 1.80 bits per heavy atom. The van der Waals surface area contributed by atoms with Crippen LogP contribution in [-0.4, -0.2) is 9.91 Å². The number of anilines is 1. The second-order valence-electron chi connectivity index (χ2n) is 4.45. The zero-order valence-electron chi connectivity index (χ0n) is 10.5. The molecule has 0 saturated heterocycles. The first-order valence-electron chi connectivity index (χ1n) is 6.04. The Morgan fingerprint density at radius 3 is 2.60 bits per heavy atom. The molecule has 0 atom stereocenters. The van der Waals surface area contributed by atoms with Crippen LogP contribution in [0, 0.1) is 10.1 Å². The molecule has 2 aromatic carbocycles. The van der Waals surface area contributed by atoms with Crippen LogP contribution in [0.4, 0.5) is 11.5 Å². The van der Waals surface area contributed by atoms with Crippen molar-refractivity contribution in [3.8, 4) is 11.1 Å². The van der Waals surface area contributed by atoms with E-state index in [4.69, 9.17) is 5.73 Å². The van der Waals surface area contributed by atoms with Crippen LogP contribution in [-0.2, 0) is 0 Å². The van der Waals surface area contributed by atoms with Gasteiger partial charge in [0.05, 0.1) is 10.4 Å². The highest BCUT2D eigenvalue weighted by Gasteiger charge is 2.07. The monoisotopic (exact) mass is 265 g/mol. The van der Waals surface area contributed by atoms with Crippen molar-refractivity contribution in [2.24, 2.45) is 0 Å². The number of rotatable bonds is 2. The van der Waals surface area contributed by atoms with Gasteiger partial charge in [-0.15, -0.1) is 0 Å². The molecule has 0 unspecified atom stereocenters. The topological polar surface area (TPSA) is 82.0 Å². The fourth-order valence-corrected chi connectivity index (χ4v) is 2.12. The maximum atomic E-state index is 10.8. The molecule has 0 fully saturated rings. The summed E-state index contributed by atoms with van der Waals surface area (Å²) in [5.41, 5.74) is 8.24. The van der Waals surface area contributed by atoms with Crippen molar-refractivity contribution in [3.05, 3.63) is 64.7 Å². The molecule has 0 radical (unpaired) electrons. The second-order valence-corrected chi connectivity index (χ2v) is 4.45. The number of nitro groups is 1. The number of hydrogen-bond donors (Lipinski definition) is 1. The van der Waals surface area contributed by atoms with Crippen LogP contribution in [0.1, 0.15) is 0 Å². The molecule has 1 heterocycles. The molecule has 2 N–H and O–H groups in total. The minimum atomic E-state index is -0.396. The molecular weight excluding hydrogens is 254 g/mol. The zero-order chi connectivity index (χ0) is 14.1. The van der Waals surface area contributed by atoms with E-state index in [1.165, 1.54) is 6.07 Å². The Labute approximate surface area is 114 Å². The van der Waals surface area contributed by atoms with Crippen LogP contribution in [0.15, 0.2) is 54.6 Å². The van der Waals surface area contributed by atoms with Crippen molar-refractivity contribution in [2.75, 3.05) is 5.73 Å². The van der Waals surface area contributed by atoms with Crippen molar-refractivity contribution in [2.45, 2.75) is 0 Å². The van der Waals surface area contributed by atoms with Gasteiger partial charge in [0.2, 0.25) is 0 Å². The molecule has 5 nitrogen and oxygen atoms in total. The van der Waals surface area contributed by atoms with Crippen LogP contribution >= 0.6 is 0 Å². The molecule has 3 aromatic rings. The molecule has 0 bridgehead atoms. The minimum absolute atomic E-state index is 0.0815. The van der Waals surface area contributed by atoms with E-state index in [0.717, 1.165) is 22.0 Å². The van der Waals surface area contributed by atoms with E-state index < -0.39 is 4.92 Å². The van der Waals surface area contributed by atoms with Crippen molar-refractivity contribution in [3.63, 3.8) is 0 Å². The predicted octanol–water partition coefficient (Wildman–Crippen LogP) is 3.39. The van der Waals surface area contributed by atoms with E-state index in [2.05, 4.69) is 4.98 Å². The zero-order valence-corrected chi connectivity index (χ0v) is 10.5. The van der Waals surface area contributed by atoms with Gasteiger partial charge in [-0.25, -0.2) is 4.98 Å². The predicted molar refractivity (Wildman–Crippen MR) is 78.2 cm³/mol. The Balaban J connectivity index is 2.12. The van der Waals surface area contributed by atoms with E-state index in [1.807, 2.05) is 30.3 Å². The summed E-state index contributed by atoms with van der Waals surface area (Å²) in [6.45, 7) is 0. The number of nitrogens with two attached hydrogens (primary N) is 1. The normalized spacial score (nSPS) is 10.6. The smallest absolute Gasteiger partial charge is 0.270 e. The Bertz CT molecular complexity index is 815. The van der Waals surface area contributed by atoms with Crippen LogP contribution in [0.5, 0.6) is 0 Å². The third-order valence-corrected chi connectivity index (χ3v) is 3.10. The molecule has 0 spiro atoms. The van der Waals surface area contributed by atoms with Crippen molar-refractivity contribution < 1.29 is 4.92 Å². The lowest BCUT2D eigenvalue weighted by Gasteiger charge is -2.04. The average Bonchev–Trinajstić information content (AvgIpc) is 2.47. The lowest BCUT2D eigenvalue weighted by Crippen LogP contribution is -1.90. The number of aromatic nitrogens is 1. The van der Waals surface area contributed by atoms with Crippen LogP contribution in [0.3, 0.4) is 0 Å². The molecule has 20 heavy (non-hydrogen) atoms. The minimum Gasteiger partial charge on any atom is -0.384 e. The van der Waals surface area contributed by atoms with Crippen molar-refractivity contribution in [1.29, 1.82) is 0 Å². The number of benzene rings is 2. The SMILES string of the molecule is Nc1ccc2cc(-c3cccc([N+](=O)[O-])c3)ccc2n1. The summed E-state index contributed by atoms with van der Waals surface area (Å²) in [4.78, 5) is 14.6. The van der Waals surface area contributed by atoms with E-state index >= 15 is 0 Å². The van der Waals surface area contributed by atoms with Gasteiger partial charge in [0, 0.05) is 17.5 Å².